The Labute approximate surface area is 133 Å². The summed E-state index contributed by atoms with van der Waals surface area (Å²) in [5, 5.41) is 3.20. The summed E-state index contributed by atoms with van der Waals surface area (Å²) in [5.41, 5.74) is 2.32. The molecule has 2 aromatic rings. The van der Waals surface area contributed by atoms with Gasteiger partial charge in [-0.25, -0.2) is 0 Å². The molecule has 0 saturated heterocycles. The van der Waals surface area contributed by atoms with Gasteiger partial charge < -0.3 is 5.32 Å². The molecule has 0 aromatic heterocycles. The van der Waals surface area contributed by atoms with E-state index in [9.17, 15) is 13.2 Å². The van der Waals surface area contributed by atoms with Crippen LogP contribution in [-0.2, 0) is 6.18 Å². The van der Waals surface area contributed by atoms with Gasteiger partial charge >= 0.3 is 6.18 Å². The molecule has 1 nitrogen and oxygen atoms in total. The number of hydrogen-bond donors (Lipinski definition) is 1. The highest BCUT2D eigenvalue weighted by atomic mass is 19.4. The van der Waals surface area contributed by atoms with Crippen molar-refractivity contribution in [2.24, 2.45) is 0 Å². The van der Waals surface area contributed by atoms with Gasteiger partial charge in [-0.3, -0.25) is 0 Å². The molecule has 0 fully saturated rings. The van der Waals surface area contributed by atoms with Gasteiger partial charge in [0.1, 0.15) is 0 Å². The van der Waals surface area contributed by atoms with Crippen LogP contribution in [0.5, 0.6) is 0 Å². The van der Waals surface area contributed by atoms with Crippen LogP contribution in [0.4, 0.5) is 13.2 Å². The molecule has 0 bridgehead atoms. The number of allylic oxidation sites excluding steroid dienone is 2. The fourth-order valence-corrected chi connectivity index (χ4v) is 2.80. The molecule has 0 saturated carbocycles. The maximum Gasteiger partial charge on any atom is 0.417 e. The molecule has 1 unspecified atom stereocenters. The Kier molecular flexibility index (Phi) is 3.99. The van der Waals surface area contributed by atoms with Crippen LogP contribution >= 0.6 is 0 Å². The van der Waals surface area contributed by atoms with E-state index in [0.29, 0.717) is 5.57 Å². The normalized spacial score (nSPS) is 17.6. The summed E-state index contributed by atoms with van der Waals surface area (Å²) in [5.74, 6) is 0. The quantitative estimate of drug-likeness (QED) is 0.797. The minimum Gasteiger partial charge on any atom is -0.381 e. The maximum atomic E-state index is 13.2. The van der Waals surface area contributed by atoms with E-state index in [1.165, 1.54) is 12.1 Å². The molecule has 0 spiro atoms. The maximum absolute atomic E-state index is 13.2. The Balaban J connectivity index is 2.04. The molecule has 118 valence electrons. The molecular formula is C19H16F3N. The molecule has 4 heteroatoms. The molecule has 23 heavy (non-hydrogen) atoms. The summed E-state index contributed by atoms with van der Waals surface area (Å²) in [6, 6.07) is 13.4. The van der Waals surface area contributed by atoms with Gasteiger partial charge in [-0.1, -0.05) is 42.5 Å². The summed E-state index contributed by atoms with van der Waals surface area (Å²) in [6.07, 6.45) is 0.861. The fraction of sp³-hybridized carbons (Fsp3) is 0.158. The molecule has 0 amide bonds. The van der Waals surface area contributed by atoms with E-state index in [2.05, 4.69) is 5.32 Å². The zero-order valence-corrected chi connectivity index (χ0v) is 12.6. The van der Waals surface area contributed by atoms with E-state index in [1.807, 2.05) is 37.3 Å². The summed E-state index contributed by atoms with van der Waals surface area (Å²) < 4.78 is 39.7. The van der Waals surface area contributed by atoms with Crippen molar-refractivity contribution in [3.63, 3.8) is 0 Å². The van der Waals surface area contributed by atoms with Crippen molar-refractivity contribution < 1.29 is 13.2 Å². The number of dihydropyridines is 1. The van der Waals surface area contributed by atoms with Gasteiger partial charge in [-0.2, -0.15) is 13.2 Å². The zero-order valence-electron chi connectivity index (χ0n) is 12.6. The Morgan fingerprint density at radius 3 is 2.39 bits per heavy atom. The number of benzene rings is 2. The van der Waals surface area contributed by atoms with Gasteiger partial charge in [0.25, 0.3) is 0 Å². The average molecular weight is 315 g/mol. The zero-order chi connectivity index (χ0) is 16.4. The number of alkyl halides is 3. The number of rotatable bonds is 2. The summed E-state index contributed by atoms with van der Waals surface area (Å²) in [4.78, 5) is 0. The number of nitrogens with one attached hydrogen (secondary N) is 1. The molecule has 0 radical (unpaired) electrons. The van der Waals surface area contributed by atoms with Crippen LogP contribution in [-0.4, -0.2) is 0 Å². The number of hydrogen-bond acceptors (Lipinski definition) is 1. The van der Waals surface area contributed by atoms with E-state index < -0.39 is 11.7 Å². The smallest absolute Gasteiger partial charge is 0.381 e. The van der Waals surface area contributed by atoms with E-state index in [1.54, 1.807) is 18.3 Å². The third kappa shape index (κ3) is 3.16. The predicted octanol–water partition coefficient (Wildman–Crippen LogP) is 5.26. The van der Waals surface area contributed by atoms with Crippen molar-refractivity contribution in [2.45, 2.75) is 19.1 Å². The van der Waals surface area contributed by atoms with E-state index in [0.717, 1.165) is 17.2 Å². The first kappa shape index (κ1) is 15.4. The topological polar surface area (TPSA) is 12.0 Å². The Hall–Kier alpha value is -2.49. The molecule has 1 N–H and O–H groups in total. The second-order valence-electron chi connectivity index (χ2n) is 5.50. The van der Waals surface area contributed by atoms with Gasteiger partial charge in [0.15, 0.2) is 0 Å². The van der Waals surface area contributed by atoms with Gasteiger partial charge in [0.05, 0.1) is 11.6 Å². The fourth-order valence-electron chi connectivity index (χ4n) is 2.80. The third-order valence-corrected chi connectivity index (χ3v) is 3.95. The SMILES string of the molecule is Cc1ccccc1C1C=C(c2ccccc2C(F)(F)F)C=CN1. The lowest BCUT2D eigenvalue weighted by atomic mass is 9.92. The second-order valence-corrected chi connectivity index (χ2v) is 5.50. The van der Waals surface area contributed by atoms with Gasteiger partial charge in [0, 0.05) is 0 Å². The summed E-state index contributed by atoms with van der Waals surface area (Å²) >= 11 is 0. The first-order chi connectivity index (χ1) is 11.0. The Morgan fingerprint density at radius 2 is 1.65 bits per heavy atom. The van der Waals surface area contributed by atoms with Crippen molar-refractivity contribution in [1.29, 1.82) is 0 Å². The van der Waals surface area contributed by atoms with Crippen LogP contribution in [0, 0.1) is 6.92 Å². The van der Waals surface area contributed by atoms with Crippen LogP contribution in [0.15, 0.2) is 66.9 Å². The molecule has 1 aliphatic heterocycles. The lowest BCUT2D eigenvalue weighted by molar-refractivity contribution is -0.137. The third-order valence-electron chi connectivity index (χ3n) is 3.95. The minimum absolute atomic E-state index is 0.141. The highest BCUT2D eigenvalue weighted by Crippen LogP contribution is 2.37. The van der Waals surface area contributed by atoms with Crippen LogP contribution in [0.3, 0.4) is 0 Å². The first-order valence-electron chi connectivity index (χ1n) is 7.33. The van der Waals surface area contributed by atoms with E-state index in [4.69, 9.17) is 0 Å². The largest absolute Gasteiger partial charge is 0.417 e. The molecular weight excluding hydrogens is 299 g/mol. The van der Waals surface area contributed by atoms with Crippen LogP contribution in [0.1, 0.15) is 28.3 Å². The highest BCUT2D eigenvalue weighted by molar-refractivity contribution is 5.78. The van der Waals surface area contributed by atoms with Crippen molar-refractivity contribution >= 4 is 5.57 Å². The van der Waals surface area contributed by atoms with Crippen molar-refractivity contribution in [3.05, 3.63) is 89.1 Å². The number of aryl methyl sites for hydroxylation is 1. The minimum atomic E-state index is -4.37. The van der Waals surface area contributed by atoms with E-state index in [-0.39, 0.29) is 11.6 Å². The Morgan fingerprint density at radius 1 is 0.957 bits per heavy atom. The van der Waals surface area contributed by atoms with Gasteiger partial charge in [0.2, 0.25) is 0 Å². The molecule has 2 aromatic carbocycles. The second kappa shape index (κ2) is 5.95. The van der Waals surface area contributed by atoms with Crippen molar-refractivity contribution in [2.75, 3.05) is 0 Å². The first-order valence-corrected chi connectivity index (χ1v) is 7.33. The van der Waals surface area contributed by atoms with Crippen LogP contribution < -0.4 is 5.32 Å². The molecule has 3 rings (SSSR count). The summed E-state index contributed by atoms with van der Waals surface area (Å²) in [6.45, 7) is 1.99. The van der Waals surface area contributed by atoms with Gasteiger partial charge in [-0.05, 0) is 53.6 Å². The summed E-state index contributed by atoms with van der Waals surface area (Å²) in [7, 11) is 0. The van der Waals surface area contributed by atoms with Crippen molar-refractivity contribution in [1.82, 2.24) is 5.32 Å². The molecule has 1 atom stereocenters. The predicted molar refractivity (Wildman–Crippen MR) is 85.6 cm³/mol. The lowest BCUT2D eigenvalue weighted by Gasteiger charge is -2.22. The lowest BCUT2D eigenvalue weighted by Crippen LogP contribution is -2.18. The van der Waals surface area contributed by atoms with Crippen LogP contribution in [0.25, 0.3) is 5.57 Å². The molecule has 1 heterocycles. The van der Waals surface area contributed by atoms with Crippen LogP contribution in [0.2, 0.25) is 0 Å². The average Bonchev–Trinajstić information content (AvgIpc) is 2.55. The van der Waals surface area contributed by atoms with Crippen molar-refractivity contribution in [3.8, 4) is 0 Å². The highest BCUT2D eigenvalue weighted by Gasteiger charge is 2.33. The monoisotopic (exact) mass is 315 g/mol. The number of halogens is 3. The van der Waals surface area contributed by atoms with Gasteiger partial charge in [-0.15, -0.1) is 0 Å². The molecule has 0 aliphatic carbocycles. The van der Waals surface area contributed by atoms with E-state index >= 15 is 0 Å². The Bertz CT molecular complexity index is 772. The molecule has 1 aliphatic rings. The standard InChI is InChI=1S/C19H16F3N/c1-13-6-2-3-7-15(13)18-12-14(10-11-23-18)16-8-4-5-9-17(16)19(20,21)22/h2-12,18,23H,1H3.